The molecule has 2 heterocycles. The van der Waals surface area contributed by atoms with E-state index in [1.807, 2.05) is 66.6 Å². The van der Waals surface area contributed by atoms with Gasteiger partial charge in [0.1, 0.15) is 0 Å². The van der Waals surface area contributed by atoms with Gasteiger partial charge in [-0.3, -0.25) is 4.79 Å². The number of Topliss-reactive ketones (excluding diaryl/α,β-unsaturated/α-hetero) is 1. The highest BCUT2D eigenvalue weighted by Crippen LogP contribution is 2.22. The van der Waals surface area contributed by atoms with Gasteiger partial charge in [0, 0.05) is 48.4 Å². The van der Waals surface area contributed by atoms with Crippen LogP contribution in [0.1, 0.15) is 33.7 Å². The zero-order valence-electron chi connectivity index (χ0n) is 15.7. The fraction of sp³-hybridized carbons (Fsp3) is 0.217. The highest BCUT2D eigenvalue weighted by atomic mass is 16.1. The maximum absolute atomic E-state index is 12.8. The third kappa shape index (κ3) is 3.43. The molecule has 27 heavy (non-hydrogen) atoms. The van der Waals surface area contributed by atoms with E-state index < -0.39 is 0 Å². The molecule has 0 saturated heterocycles. The first-order valence-corrected chi connectivity index (χ1v) is 9.25. The topological polar surface area (TPSA) is 39.8 Å². The lowest BCUT2D eigenvalue weighted by molar-refractivity contribution is 0.0984. The molecule has 0 aliphatic heterocycles. The van der Waals surface area contributed by atoms with Crippen molar-refractivity contribution in [3.8, 4) is 0 Å². The van der Waals surface area contributed by atoms with Crippen molar-refractivity contribution in [1.82, 2.24) is 14.1 Å². The minimum absolute atomic E-state index is 0.170. The van der Waals surface area contributed by atoms with Crippen molar-refractivity contribution in [2.45, 2.75) is 26.3 Å². The zero-order chi connectivity index (χ0) is 18.8. The number of imidazole rings is 1. The van der Waals surface area contributed by atoms with Crippen LogP contribution in [0.5, 0.6) is 0 Å². The van der Waals surface area contributed by atoms with Crippen LogP contribution >= 0.6 is 0 Å². The lowest BCUT2D eigenvalue weighted by atomic mass is 10.0. The molecule has 0 aliphatic carbocycles. The average molecular weight is 357 g/mol. The zero-order valence-corrected chi connectivity index (χ0v) is 15.7. The van der Waals surface area contributed by atoms with E-state index in [1.54, 1.807) is 0 Å². The van der Waals surface area contributed by atoms with E-state index in [0.717, 1.165) is 34.4 Å². The third-order valence-electron chi connectivity index (χ3n) is 5.18. The van der Waals surface area contributed by atoms with Crippen molar-refractivity contribution < 1.29 is 4.79 Å². The third-order valence-corrected chi connectivity index (χ3v) is 5.18. The SMILES string of the molecule is Cc1c(CCC(=O)c2cn(C)c3ccccc23)ncn1Cc1ccccc1. The van der Waals surface area contributed by atoms with Gasteiger partial charge in [0.25, 0.3) is 0 Å². The van der Waals surface area contributed by atoms with Crippen LogP contribution in [0.4, 0.5) is 0 Å². The van der Waals surface area contributed by atoms with Gasteiger partial charge in [-0.25, -0.2) is 4.98 Å². The number of rotatable bonds is 6. The highest BCUT2D eigenvalue weighted by Gasteiger charge is 2.15. The van der Waals surface area contributed by atoms with Crippen LogP contribution in [0.15, 0.2) is 67.1 Å². The molecule has 136 valence electrons. The van der Waals surface area contributed by atoms with E-state index in [1.165, 1.54) is 5.56 Å². The van der Waals surface area contributed by atoms with Gasteiger partial charge >= 0.3 is 0 Å². The van der Waals surface area contributed by atoms with Crippen LogP contribution in [0.3, 0.4) is 0 Å². The molecule has 0 amide bonds. The smallest absolute Gasteiger partial charge is 0.165 e. The second kappa shape index (κ2) is 7.23. The predicted molar refractivity (Wildman–Crippen MR) is 108 cm³/mol. The maximum Gasteiger partial charge on any atom is 0.165 e. The Balaban J connectivity index is 1.48. The Hall–Kier alpha value is -3.14. The second-order valence-corrected chi connectivity index (χ2v) is 6.98. The molecule has 0 radical (unpaired) electrons. The molecule has 4 rings (SSSR count). The van der Waals surface area contributed by atoms with Gasteiger partial charge in [-0.2, -0.15) is 0 Å². The molecule has 4 nitrogen and oxygen atoms in total. The highest BCUT2D eigenvalue weighted by molar-refractivity contribution is 6.08. The number of nitrogens with zero attached hydrogens (tertiary/aromatic N) is 3. The Morgan fingerprint density at radius 2 is 1.78 bits per heavy atom. The lowest BCUT2D eigenvalue weighted by Gasteiger charge is -2.06. The number of hydrogen-bond acceptors (Lipinski definition) is 2. The van der Waals surface area contributed by atoms with Crippen LogP contribution in [0.2, 0.25) is 0 Å². The van der Waals surface area contributed by atoms with Crippen molar-refractivity contribution in [3.05, 3.63) is 89.6 Å². The largest absolute Gasteiger partial charge is 0.350 e. The first-order valence-electron chi connectivity index (χ1n) is 9.25. The number of ketones is 1. The number of carbonyl (C=O) groups excluding carboxylic acids is 1. The van der Waals surface area contributed by atoms with Gasteiger partial charge in [-0.05, 0) is 25.0 Å². The van der Waals surface area contributed by atoms with Crippen LogP contribution in [0, 0.1) is 6.92 Å². The molecule has 4 heteroatoms. The first kappa shape index (κ1) is 17.3. The Morgan fingerprint density at radius 3 is 2.59 bits per heavy atom. The summed E-state index contributed by atoms with van der Waals surface area (Å²) in [6.07, 6.45) is 4.95. The maximum atomic E-state index is 12.8. The van der Waals surface area contributed by atoms with E-state index in [4.69, 9.17) is 0 Å². The molecule has 0 fully saturated rings. The van der Waals surface area contributed by atoms with E-state index in [2.05, 4.69) is 28.6 Å². The second-order valence-electron chi connectivity index (χ2n) is 6.98. The number of benzene rings is 2. The number of aromatic nitrogens is 3. The summed E-state index contributed by atoms with van der Waals surface area (Å²) in [6.45, 7) is 2.88. The van der Waals surface area contributed by atoms with Crippen LogP contribution in [0.25, 0.3) is 10.9 Å². The van der Waals surface area contributed by atoms with Gasteiger partial charge in [0.15, 0.2) is 5.78 Å². The van der Waals surface area contributed by atoms with E-state index in [9.17, 15) is 4.79 Å². The van der Waals surface area contributed by atoms with Gasteiger partial charge in [0.05, 0.1) is 12.0 Å². The summed E-state index contributed by atoms with van der Waals surface area (Å²) in [5, 5.41) is 1.02. The molecule has 4 aromatic rings. The molecule has 2 aromatic carbocycles. The Kier molecular flexibility index (Phi) is 4.63. The van der Waals surface area contributed by atoms with Gasteiger partial charge < -0.3 is 9.13 Å². The van der Waals surface area contributed by atoms with Crippen LogP contribution in [-0.2, 0) is 20.0 Å². The number of aryl methyl sites for hydroxylation is 2. The minimum atomic E-state index is 0.170. The summed E-state index contributed by atoms with van der Waals surface area (Å²) in [5.74, 6) is 0.170. The first-order chi connectivity index (χ1) is 13.1. The molecule has 0 aliphatic rings. The Morgan fingerprint density at radius 1 is 1.04 bits per heavy atom. The summed E-state index contributed by atoms with van der Waals surface area (Å²) >= 11 is 0. The summed E-state index contributed by atoms with van der Waals surface area (Å²) in [4.78, 5) is 17.4. The van der Waals surface area contributed by atoms with Crippen molar-refractivity contribution in [3.63, 3.8) is 0 Å². The van der Waals surface area contributed by atoms with Gasteiger partial charge in [0.2, 0.25) is 0 Å². The molecule has 0 unspecified atom stereocenters. The Bertz CT molecular complexity index is 1090. The average Bonchev–Trinajstić information content (AvgIpc) is 3.22. The van der Waals surface area contributed by atoms with Gasteiger partial charge in [-0.1, -0.05) is 48.5 Å². The quantitative estimate of drug-likeness (QED) is 0.475. The number of para-hydroxylation sites is 1. The normalized spacial score (nSPS) is 11.2. The fourth-order valence-electron chi connectivity index (χ4n) is 3.60. The number of carbonyl (C=O) groups is 1. The van der Waals surface area contributed by atoms with Crippen LogP contribution < -0.4 is 0 Å². The van der Waals surface area contributed by atoms with Crippen molar-refractivity contribution in [2.75, 3.05) is 0 Å². The monoisotopic (exact) mass is 357 g/mol. The standard InChI is InChI=1S/C23H23N3O/c1-17-21(24-16-26(17)14-18-8-4-3-5-9-18)12-13-23(27)20-15-25(2)22-11-7-6-10-19(20)22/h3-11,15-16H,12-14H2,1-2H3. The summed E-state index contributed by atoms with van der Waals surface area (Å²) in [6, 6.07) is 18.4. The van der Waals surface area contributed by atoms with Crippen LogP contribution in [-0.4, -0.2) is 19.9 Å². The summed E-state index contributed by atoms with van der Waals surface area (Å²) < 4.78 is 4.16. The molecule has 2 aromatic heterocycles. The molecular formula is C23H23N3O. The molecule has 0 N–H and O–H groups in total. The summed E-state index contributed by atoms with van der Waals surface area (Å²) in [7, 11) is 1.98. The van der Waals surface area contributed by atoms with Crippen molar-refractivity contribution in [1.29, 1.82) is 0 Å². The molecular weight excluding hydrogens is 334 g/mol. The van der Waals surface area contributed by atoms with Crippen molar-refractivity contribution >= 4 is 16.7 Å². The molecule has 0 bridgehead atoms. The van der Waals surface area contributed by atoms with Crippen molar-refractivity contribution in [2.24, 2.45) is 7.05 Å². The summed E-state index contributed by atoms with van der Waals surface area (Å²) in [5.41, 5.74) is 5.26. The molecule has 0 atom stereocenters. The minimum Gasteiger partial charge on any atom is -0.350 e. The number of fused-ring (bicyclic) bond motifs is 1. The predicted octanol–water partition coefficient (Wildman–Crippen LogP) is 4.55. The fourth-order valence-corrected chi connectivity index (χ4v) is 3.60. The van der Waals surface area contributed by atoms with E-state index >= 15 is 0 Å². The van der Waals surface area contributed by atoms with E-state index in [-0.39, 0.29) is 5.78 Å². The van der Waals surface area contributed by atoms with E-state index in [0.29, 0.717) is 12.8 Å². The lowest BCUT2D eigenvalue weighted by Crippen LogP contribution is -2.04. The molecule has 0 saturated carbocycles. The Labute approximate surface area is 159 Å². The number of hydrogen-bond donors (Lipinski definition) is 0. The van der Waals surface area contributed by atoms with Gasteiger partial charge in [-0.15, -0.1) is 0 Å². The molecule has 0 spiro atoms.